The van der Waals surface area contributed by atoms with E-state index in [2.05, 4.69) is 16.3 Å². The summed E-state index contributed by atoms with van der Waals surface area (Å²) < 4.78 is 5.17. The summed E-state index contributed by atoms with van der Waals surface area (Å²) in [6.45, 7) is 5.15. The van der Waals surface area contributed by atoms with E-state index in [-0.39, 0.29) is 17.9 Å². The van der Waals surface area contributed by atoms with E-state index in [1.54, 1.807) is 28.4 Å². The van der Waals surface area contributed by atoms with Gasteiger partial charge in [-0.05, 0) is 36.9 Å². The number of piperazine rings is 1. The first-order valence-corrected chi connectivity index (χ1v) is 9.40. The van der Waals surface area contributed by atoms with E-state index in [1.807, 2.05) is 18.4 Å². The molecule has 6 nitrogen and oxygen atoms in total. The van der Waals surface area contributed by atoms with Crippen molar-refractivity contribution in [3.63, 3.8) is 0 Å². The first-order chi connectivity index (χ1) is 12.1. The molecule has 2 aromatic rings. The average molecular weight is 361 g/mol. The van der Waals surface area contributed by atoms with Crippen molar-refractivity contribution in [1.29, 1.82) is 0 Å². The summed E-state index contributed by atoms with van der Waals surface area (Å²) >= 11 is 1.71. The van der Waals surface area contributed by atoms with Crippen LogP contribution in [0.1, 0.15) is 22.4 Å². The number of hydrogen-bond donors (Lipinski definition) is 1. The zero-order chi connectivity index (χ0) is 17.6. The van der Waals surface area contributed by atoms with Crippen LogP contribution >= 0.6 is 11.3 Å². The van der Waals surface area contributed by atoms with E-state index in [9.17, 15) is 9.59 Å². The van der Waals surface area contributed by atoms with E-state index in [1.165, 1.54) is 11.1 Å². The molecule has 2 aromatic heterocycles. The SMILES string of the molecule is CC(C(=O)NCCc1cccs1)N1CCN(C(=O)c2ccco2)CC1. The smallest absolute Gasteiger partial charge is 0.289 e. The minimum Gasteiger partial charge on any atom is -0.459 e. The highest BCUT2D eigenvalue weighted by molar-refractivity contribution is 7.09. The fourth-order valence-corrected chi connectivity index (χ4v) is 3.65. The Morgan fingerprint density at radius 1 is 1.24 bits per heavy atom. The Bertz CT molecular complexity index is 677. The Kier molecular flexibility index (Phi) is 5.88. The quantitative estimate of drug-likeness (QED) is 0.853. The maximum Gasteiger partial charge on any atom is 0.289 e. The summed E-state index contributed by atoms with van der Waals surface area (Å²) in [7, 11) is 0. The molecule has 1 saturated heterocycles. The van der Waals surface area contributed by atoms with Gasteiger partial charge in [-0.25, -0.2) is 0 Å². The number of thiophene rings is 1. The first kappa shape index (κ1) is 17.7. The summed E-state index contributed by atoms with van der Waals surface area (Å²) in [5.74, 6) is 0.327. The van der Waals surface area contributed by atoms with Crippen LogP contribution in [0.4, 0.5) is 0 Å². The molecule has 0 radical (unpaired) electrons. The second-order valence-corrected chi connectivity index (χ2v) is 7.13. The van der Waals surface area contributed by atoms with Crippen LogP contribution in [0.3, 0.4) is 0 Å². The Morgan fingerprint density at radius 2 is 2.04 bits per heavy atom. The van der Waals surface area contributed by atoms with E-state index in [0.717, 1.165) is 6.42 Å². The van der Waals surface area contributed by atoms with Gasteiger partial charge in [0.1, 0.15) is 0 Å². The second-order valence-electron chi connectivity index (χ2n) is 6.10. The van der Waals surface area contributed by atoms with Gasteiger partial charge in [0.05, 0.1) is 12.3 Å². The standard InChI is InChI=1S/C18H23N3O3S/c1-14(17(22)19-7-6-15-4-3-13-25-15)20-8-10-21(11-9-20)18(23)16-5-2-12-24-16/h2-5,12-14H,6-11H2,1H3,(H,19,22). The van der Waals surface area contributed by atoms with Gasteiger partial charge in [-0.15, -0.1) is 11.3 Å². The molecule has 1 atom stereocenters. The van der Waals surface area contributed by atoms with Crippen molar-refractivity contribution < 1.29 is 14.0 Å². The Labute approximate surface area is 151 Å². The van der Waals surface area contributed by atoms with E-state index in [0.29, 0.717) is 38.5 Å². The Balaban J connectivity index is 1.42. The topological polar surface area (TPSA) is 65.8 Å². The van der Waals surface area contributed by atoms with Crippen LogP contribution in [0.15, 0.2) is 40.3 Å². The van der Waals surface area contributed by atoms with Crippen LogP contribution < -0.4 is 5.32 Å². The van der Waals surface area contributed by atoms with Crippen LogP contribution in [0.2, 0.25) is 0 Å². The van der Waals surface area contributed by atoms with Gasteiger partial charge in [-0.3, -0.25) is 14.5 Å². The fourth-order valence-electron chi connectivity index (χ4n) is 2.95. The number of nitrogens with zero attached hydrogens (tertiary/aromatic N) is 2. The van der Waals surface area contributed by atoms with E-state index >= 15 is 0 Å². The van der Waals surface area contributed by atoms with Crippen LogP contribution in [0, 0.1) is 0 Å². The highest BCUT2D eigenvalue weighted by Gasteiger charge is 2.28. The lowest BCUT2D eigenvalue weighted by Gasteiger charge is -2.37. The molecule has 0 spiro atoms. The summed E-state index contributed by atoms with van der Waals surface area (Å²) in [5, 5.41) is 5.05. The molecule has 1 N–H and O–H groups in total. The predicted octanol–water partition coefficient (Wildman–Crippen LogP) is 1.85. The molecule has 1 fully saturated rings. The molecule has 134 valence electrons. The minimum absolute atomic E-state index is 0.0439. The molecule has 0 saturated carbocycles. The Morgan fingerprint density at radius 3 is 2.68 bits per heavy atom. The van der Waals surface area contributed by atoms with Crippen LogP contribution in [0.5, 0.6) is 0 Å². The van der Waals surface area contributed by atoms with Gasteiger partial charge in [-0.1, -0.05) is 6.07 Å². The van der Waals surface area contributed by atoms with Crippen molar-refractivity contribution in [1.82, 2.24) is 15.1 Å². The van der Waals surface area contributed by atoms with Gasteiger partial charge in [0, 0.05) is 37.6 Å². The summed E-state index contributed by atoms with van der Waals surface area (Å²) in [4.78, 5) is 29.8. The highest BCUT2D eigenvalue weighted by Crippen LogP contribution is 2.12. The number of rotatable bonds is 6. The first-order valence-electron chi connectivity index (χ1n) is 8.52. The van der Waals surface area contributed by atoms with Gasteiger partial charge in [-0.2, -0.15) is 0 Å². The van der Waals surface area contributed by atoms with Crippen molar-refractivity contribution in [2.45, 2.75) is 19.4 Å². The third kappa shape index (κ3) is 4.49. The van der Waals surface area contributed by atoms with Gasteiger partial charge < -0.3 is 14.6 Å². The summed E-state index contributed by atoms with van der Waals surface area (Å²) in [5.41, 5.74) is 0. The number of hydrogen-bond acceptors (Lipinski definition) is 5. The fraction of sp³-hybridized carbons (Fsp3) is 0.444. The molecule has 3 rings (SSSR count). The maximum atomic E-state index is 12.3. The molecule has 3 heterocycles. The van der Waals surface area contributed by atoms with Crippen molar-refractivity contribution in [3.8, 4) is 0 Å². The average Bonchev–Trinajstić information content (AvgIpc) is 3.34. The zero-order valence-electron chi connectivity index (χ0n) is 14.3. The summed E-state index contributed by atoms with van der Waals surface area (Å²) in [6.07, 6.45) is 2.37. The number of carbonyl (C=O) groups is 2. The van der Waals surface area contributed by atoms with Crippen LogP contribution in [-0.4, -0.2) is 60.4 Å². The van der Waals surface area contributed by atoms with Crippen molar-refractivity contribution in [2.75, 3.05) is 32.7 Å². The summed E-state index contributed by atoms with van der Waals surface area (Å²) in [6, 6.07) is 7.30. The van der Waals surface area contributed by atoms with Gasteiger partial charge in [0.15, 0.2) is 5.76 Å². The van der Waals surface area contributed by atoms with Crippen LogP contribution in [-0.2, 0) is 11.2 Å². The lowest BCUT2D eigenvalue weighted by Crippen LogP contribution is -2.55. The Hall–Kier alpha value is -2.12. The van der Waals surface area contributed by atoms with E-state index < -0.39 is 0 Å². The lowest BCUT2D eigenvalue weighted by molar-refractivity contribution is -0.126. The molecule has 7 heteroatoms. The van der Waals surface area contributed by atoms with Crippen molar-refractivity contribution in [2.24, 2.45) is 0 Å². The third-order valence-corrected chi connectivity index (χ3v) is 5.45. The molecule has 1 aliphatic heterocycles. The second kappa shape index (κ2) is 8.31. The zero-order valence-corrected chi connectivity index (χ0v) is 15.1. The number of amides is 2. The normalized spacial score (nSPS) is 16.6. The number of nitrogens with one attached hydrogen (secondary N) is 1. The predicted molar refractivity (Wildman–Crippen MR) is 96.7 cm³/mol. The molecule has 0 aliphatic carbocycles. The number of furan rings is 1. The molecule has 1 aliphatic rings. The molecule has 2 amide bonds. The molecule has 25 heavy (non-hydrogen) atoms. The van der Waals surface area contributed by atoms with E-state index in [4.69, 9.17) is 4.42 Å². The molecule has 1 unspecified atom stereocenters. The molecule has 0 aromatic carbocycles. The minimum atomic E-state index is -0.191. The van der Waals surface area contributed by atoms with Crippen molar-refractivity contribution >= 4 is 23.2 Å². The molecular formula is C18H23N3O3S. The largest absolute Gasteiger partial charge is 0.459 e. The third-order valence-electron chi connectivity index (χ3n) is 4.51. The maximum absolute atomic E-state index is 12.3. The van der Waals surface area contributed by atoms with Crippen LogP contribution in [0.25, 0.3) is 0 Å². The molecule has 0 bridgehead atoms. The highest BCUT2D eigenvalue weighted by atomic mass is 32.1. The van der Waals surface area contributed by atoms with Gasteiger partial charge >= 0.3 is 0 Å². The van der Waals surface area contributed by atoms with Crippen molar-refractivity contribution in [3.05, 3.63) is 46.5 Å². The monoisotopic (exact) mass is 361 g/mol. The van der Waals surface area contributed by atoms with Gasteiger partial charge in [0.25, 0.3) is 5.91 Å². The molecular weight excluding hydrogens is 338 g/mol. The lowest BCUT2D eigenvalue weighted by atomic mass is 10.2. The van der Waals surface area contributed by atoms with Gasteiger partial charge in [0.2, 0.25) is 5.91 Å². The number of carbonyl (C=O) groups excluding carboxylic acids is 2.